The SMILES string of the molecule is Cc1ccc2nc(N3Cc4ccccc4SC(O)C3)nc(NCC(F)CN)c2c1. The summed E-state index contributed by atoms with van der Waals surface area (Å²) in [6.45, 7) is 3.01. The van der Waals surface area contributed by atoms with Gasteiger partial charge in [0.15, 0.2) is 0 Å². The van der Waals surface area contributed by atoms with Crippen molar-refractivity contribution in [3.63, 3.8) is 0 Å². The molecular weight excluding hydrogens is 389 g/mol. The van der Waals surface area contributed by atoms with Crippen molar-refractivity contribution in [2.75, 3.05) is 29.9 Å². The number of anilines is 2. The van der Waals surface area contributed by atoms with Crippen molar-refractivity contribution in [3.8, 4) is 0 Å². The van der Waals surface area contributed by atoms with E-state index in [0.29, 0.717) is 24.9 Å². The van der Waals surface area contributed by atoms with Gasteiger partial charge in [-0.3, -0.25) is 0 Å². The van der Waals surface area contributed by atoms with Crippen molar-refractivity contribution >= 4 is 34.4 Å². The molecule has 2 atom stereocenters. The monoisotopic (exact) mass is 413 g/mol. The van der Waals surface area contributed by atoms with Crippen molar-refractivity contribution in [2.24, 2.45) is 5.73 Å². The molecule has 3 aromatic rings. The first kappa shape index (κ1) is 19.9. The smallest absolute Gasteiger partial charge is 0.228 e. The number of benzene rings is 2. The Labute approximate surface area is 173 Å². The zero-order valence-electron chi connectivity index (χ0n) is 16.2. The first-order chi connectivity index (χ1) is 14.0. The van der Waals surface area contributed by atoms with Crippen molar-refractivity contribution in [1.82, 2.24) is 9.97 Å². The zero-order valence-corrected chi connectivity index (χ0v) is 17.0. The van der Waals surface area contributed by atoms with Crippen LogP contribution in [0.4, 0.5) is 16.2 Å². The normalized spacial score (nSPS) is 17.7. The molecule has 0 bridgehead atoms. The molecule has 152 valence electrons. The summed E-state index contributed by atoms with van der Waals surface area (Å²) < 4.78 is 13.7. The standard InChI is InChI=1S/C21H24FN5OS/c1-13-6-7-17-16(8-13)20(24-10-15(22)9-23)26-21(25-17)27-11-14-4-2-3-5-18(14)29-19(28)12-27/h2-8,15,19,28H,9-12,23H2,1H3,(H,24,25,26). The molecule has 0 saturated heterocycles. The summed E-state index contributed by atoms with van der Waals surface area (Å²) in [4.78, 5) is 12.4. The Morgan fingerprint density at radius 1 is 1.31 bits per heavy atom. The lowest BCUT2D eigenvalue weighted by atomic mass is 10.1. The number of nitrogens with one attached hydrogen (secondary N) is 1. The molecule has 0 saturated carbocycles. The minimum absolute atomic E-state index is 0.0474. The van der Waals surface area contributed by atoms with Gasteiger partial charge in [0.1, 0.15) is 17.4 Å². The third-order valence-electron chi connectivity index (χ3n) is 4.84. The lowest BCUT2D eigenvalue weighted by Crippen LogP contribution is -2.30. The highest BCUT2D eigenvalue weighted by atomic mass is 32.2. The number of nitrogens with two attached hydrogens (primary N) is 1. The van der Waals surface area contributed by atoms with Gasteiger partial charge < -0.3 is 21.1 Å². The summed E-state index contributed by atoms with van der Waals surface area (Å²) in [5.41, 5.74) is 7.77. The van der Waals surface area contributed by atoms with Crippen LogP contribution in [0.2, 0.25) is 0 Å². The number of fused-ring (bicyclic) bond motifs is 2. The molecule has 0 fully saturated rings. The maximum Gasteiger partial charge on any atom is 0.228 e. The Kier molecular flexibility index (Phi) is 5.84. The first-order valence-corrected chi connectivity index (χ1v) is 10.5. The van der Waals surface area contributed by atoms with Gasteiger partial charge in [-0.25, -0.2) is 9.37 Å². The molecular formula is C21H24FN5OS. The molecule has 0 spiro atoms. The number of aliphatic hydroxyl groups excluding tert-OH is 1. The maximum atomic E-state index is 13.7. The quantitative estimate of drug-likeness (QED) is 0.592. The van der Waals surface area contributed by atoms with Crippen LogP contribution in [-0.4, -0.2) is 46.3 Å². The van der Waals surface area contributed by atoms with Gasteiger partial charge >= 0.3 is 0 Å². The molecule has 8 heteroatoms. The number of hydrogen-bond acceptors (Lipinski definition) is 7. The van der Waals surface area contributed by atoms with E-state index in [9.17, 15) is 9.50 Å². The molecule has 4 N–H and O–H groups in total. The molecule has 4 rings (SSSR count). The van der Waals surface area contributed by atoms with Gasteiger partial charge in [-0.15, -0.1) is 0 Å². The van der Waals surface area contributed by atoms with Crippen LogP contribution in [0, 0.1) is 6.92 Å². The van der Waals surface area contributed by atoms with Crippen LogP contribution in [0.1, 0.15) is 11.1 Å². The Hall–Kier alpha value is -2.42. The van der Waals surface area contributed by atoms with Gasteiger partial charge in [0.05, 0.1) is 12.1 Å². The number of nitrogens with zero attached hydrogens (tertiary/aromatic N) is 3. The average molecular weight is 414 g/mol. The molecule has 1 aliphatic rings. The second kappa shape index (κ2) is 8.52. The third kappa shape index (κ3) is 4.44. The zero-order chi connectivity index (χ0) is 20.4. The number of halogens is 1. The summed E-state index contributed by atoms with van der Waals surface area (Å²) in [7, 11) is 0. The number of thioether (sulfide) groups is 1. The van der Waals surface area contributed by atoms with Crippen LogP contribution in [-0.2, 0) is 6.54 Å². The molecule has 0 aliphatic carbocycles. The number of aryl methyl sites for hydroxylation is 1. The Morgan fingerprint density at radius 2 is 2.14 bits per heavy atom. The molecule has 2 heterocycles. The topological polar surface area (TPSA) is 87.3 Å². The predicted molar refractivity (Wildman–Crippen MR) is 116 cm³/mol. The number of aromatic nitrogens is 2. The lowest BCUT2D eigenvalue weighted by molar-refractivity contribution is 0.267. The highest BCUT2D eigenvalue weighted by Gasteiger charge is 2.23. The second-order valence-corrected chi connectivity index (χ2v) is 8.39. The van der Waals surface area contributed by atoms with E-state index in [-0.39, 0.29) is 13.1 Å². The Bertz CT molecular complexity index is 1020. The molecule has 2 unspecified atom stereocenters. The third-order valence-corrected chi connectivity index (χ3v) is 5.92. The van der Waals surface area contributed by atoms with Crippen LogP contribution in [0.5, 0.6) is 0 Å². The molecule has 2 aromatic carbocycles. The first-order valence-electron chi connectivity index (χ1n) is 9.57. The fraction of sp³-hybridized carbons (Fsp3) is 0.333. The van der Waals surface area contributed by atoms with Gasteiger partial charge in [0, 0.05) is 29.9 Å². The summed E-state index contributed by atoms with van der Waals surface area (Å²) >= 11 is 1.44. The molecule has 1 aliphatic heterocycles. The van der Waals surface area contributed by atoms with E-state index in [4.69, 9.17) is 15.7 Å². The Morgan fingerprint density at radius 3 is 2.97 bits per heavy atom. The molecule has 0 amide bonds. The molecule has 6 nitrogen and oxygen atoms in total. The van der Waals surface area contributed by atoms with Gasteiger partial charge in [-0.2, -0.15) is 4.98 Å². The van der Waals surface area contributed by atoms with Crippen molar-refractivity contribution in [2.45, 2.75) is 30.0 Å². The van der Waals surface area contributed by atoms with Crippen molar-refractivity contribution < 1.29 is 9.50 Å². The number of β-amino-alcohol motifs (C(OH)–C–C–N with tert-alkyl or cyclic N) is 1. The summed E-state index contributed by atoms with van der Waals surface area (Å²) in [5.74, 6) is 1.08. The van der Waals surface area contributed by atoms with E-state index < -0.39 is 11.6 Å². The highest BCUT2D eigenvalue weighted by Crippen LogP contribution is 2.33. The average Bonchev–Trinajstić information content (AvgIpc) is 2.89. The number of alkyl halides is 1. The van der Waals surface area contributed by atoms with Crippen molar-refractivity contribution in [1.29, 1.82) is 0 Å². The molecule has 1 aromatic heterocycles. The largest absolute Gasteiger partial charge is 0.380 e. The fourth-order valence-corrected chi connectivity index (χ4v) is 4.33. The lowest BCUT2D eigenvalue weighted by Gasteiger charge is -2.23. The van der Waals surface area contributed by atoms with Crippen LogP contribution in [0.15, 0.2) is 47.4 Å². The van der Waals surface area contributed by atoms with Gasteiger partial charge in [-0.1, -0.05) is 41.6 Å². The van der Waals surface area contributed by atoms with E-state index in [1.807, 2.05) is 54.3 Å². The fourth-order valence-electron chi connectivity index (χ4n) is 3.34. The summed E-state index contributed by atoms with van der Waals surface area (Å²) in [6, 6.07) is 13.9. The predicted octanol–water partition coefficient (Wildman–Crippen LogP) is 3.08. The molecule has 0 radical (unpaired) electrons. The minimum Gasteiger partial charge on any atom is -0.380 e. The Balaban J connectivity index is 1.74. The summed E-state index contributed by atoms with van der Waals surface area (Å²) in [6.07, 6.45) is -1.16. The van der Waals surface area contributed by atoms with Crippen LogP contribution < -0.4 is 16.0 Å². The van der Waals surface area contributed by atoms with Crippen LogP contribution >= 0.6 is 11.8 Å². The van der Waals surface area contributed by atoms with Crippen LogP contribution in [0.25, 0.3) is 10.9 Å². The van der Waals surface area contributed by atoms with Crippen LogP contribution in [0.3, 0.4) is 0 Å². The number of hydrogen-bond donors (Lipinski definition) is 3. The molecule has 29 heavy (non-hydrogen) atoms. The number of aliphatic hydroxyl groups is 1. The highest BCUT2D eigenvalue weighted by molar-refractivity contribution is 7.99. The van der Waals surface area contributed by atoms with Gasteiger partial charge in [-0.05, 0) is 30.7 Å². The summed E-state index contributed by atoms with van der Waals surface area (Å²) in [5, 5.41) is 14.4. The van der Waals surface area contributed by atoms with E-state index in [0.717, 1.165) is 26.9 Å². The minimum atomic E-state index is -1.16. The maximum absolute atomic E-state index is 13.7. The van der Waals surface area contributed by atoms with E-state index in [1.54, 1.807) is 0 Å². The van der Waals surface area contributed by atoms with Gasteiger partial charge in [0.2, 0.25) is 5.95 Å². The van der Waals surface area contributed by atoms with Crippen molar-refractivity contribution in [3.05, 3.63) is 53.6 Å². The number of rotatable bonds is 5. The van der Waals surface area contributed by atoms with Gasteiger partial charge in [0.25, 0.3) is 0 Å². The van der Waals surface area contributed by atoms with E-state index in [2.05, 4.69) is 5.32 Å². The van der Waals surface area contributed by atoms with E-state index in [1.165, 1.54) is 11.8 Å². The second-order valence-electron chi connectivity index (χ2n) is 7.17. The van der Waals surface area contributed by atoms with E-state index >= 15 is 0 Å².